The van der Waals surface area contributed by atoms with Crippen LogP contribution in [0.4, 0.5) is 0 Å². The molecule has 3 fully saturated rings. The molecule has 45 heavy (non-hydrogen) atoms. The van der Waals surface area contributed by atoms with E-state index in [2.05, 4.69) is 18.2 Å². The molecular formula is C41H52O4. The lowest BCUT2D eigenvalue weighted by Gasteiger charge is -2.39. The average Bonchev–Trinajstić information content (AvgIpc) is 3.08. The largest absolute Gasteiger partial charge is 0.299 e. The van der Waals surface area contributed by atoms with Crippen LogP contribution in [0.3, 0.4) is 0 Å². The Bertz CT molecular complexity index is 1350. The predicted octanol–water partition coefficient (Wildman–Crippen LogP) is 8.97. The zero-order chi connectivity index (χ0) is 31.4. The first kappa shape index (κ1) is 32.1. The Hall–Kier alpha value is -2.88. The van der Waals surface area contributed by atoms with E-state index in [1.54, 1.807) is 0 Å². The molecule has 0 N–H and O–H groups in total. The first-order chi connectivity index (χ1) is 21.8. The summed E-state index contributed by atoms with van der Waals surface area (Å²) < 4.78 is 0. The first-order valence-corrected chi connectivity index (χ1v) is 18.1. The lowest BCUT2D eigenvalue weighted by Crippen LogP contribution is -2.41. The van der Waals surface area contributed by atoms with Crippen molar-refractivity contribution in [3.63, 3.8) is 0 Å². The standard InChI is InChI=1S/C41H52O4/c1-41(26-38(43)31-12-6-3-7-13-31,40(45)33-22-16-29(17-23-33)28-10-4-2-5-11-28)27-39(44)32-20-18-30(19-21-32)36-24-34-14-8-9-15-35(34)25-37(36)42/h3,6-9,12-15,28-30,32-33,36H,2,4-5,10-11,16-27H2,1H3. The fourth-order valence-electron chi connectivity index (χ4n) is 9.67. The first-order valence-electron chi connectivity index (χ1n) is 18.1. The van der Waals surface area contributed by atoms with Crippen LogP contribution >= 0.6 is 0 Å². The topological polar surface area (TPSA) is 68.3 Å². The summed E-state index contributed by atoms with van der Waals surface area (Å²) in [5.41, 5.74) is 2.10. The monoisotopic (exact) mass is 608 g/mol. The van der Waals surface area contributed by atoms with E-state index in [4.69, 9.17) is 0 Å². The van der Waals surface area contributed by atoms with E-state index in [1.165, 1.54) is 43.2 Å². The van der Waals surface area contributed by atoms with Crippen molar-refractivity contribution in [2.45, 2.75) is 116 Å². The third-order valence-electron chi connectivity index (χ3n) is 12.4. The molecule has 4 heteroatoms. The minimum Gasteiger partial charge on any atom is -0.299 e. The fraction of sp³-hybridized carbons (Fsp3) is 0.610. The SMILES string of the molecule is CC(CC(=O)c1ccccc1)(CC(=O)C1CCC(C2Cc3ccccc3CC2=O)CC1)C(=O)C1CCC(C2CCCCC2)CC1. The van der Waals surface area contributed by atoms with E-state index in [0.29, 0.717) is 23.7 Å². The summed E-state index contributed by atoms with van der Waals surface area (Å²) >= 11 is 0. The highest BCUT2D eigenvalue weighted by atomic mass is 16.1. The highest BCUT2D eigenvalue weighted by Gasteiger charge is 2.44. The molecule has 2 unspecified atom stereocenters. The minimum atomic E-state index is -0.980. The zero-order valence-corrected chi connectivity index (χ0v) is 27.3. The third kappa shape index (κ3) is 7.42. The molecule has 0 radical (unpaired) electrons. The maximum atomic E-state index is 14.3. The molecule has 2 aromatic rings. The third-order valence-corrected chi connectivity index (χ3v) is 12.4. The molecule has 4 nitrogen and oxygen atoms in total. The molecule has 0 aromatic heterocycles. The summed E-state index contributed by atoms with van der Waals surface area (Å²) in [6.45, 7) is 1.91. The van der Waals surface area contributed by atoms with Crippen molar-refractivity contribution < 1.29 is 19.2 Å². The van der Waals surface area contributed by atoms with Gasteiger partial charge in [-0.15, -0.1) is 0 Å². The highest BCUT2D eigenvalue weighted by Crippen LogP contribution is 2.45. The number of carbonyl (C=O) groups is 4. The van der Waals surface area contributed by atoms with Crippen LogP contribution in [0, 0.1) is 40.9 Å². The summed E-state index contributed by atoms with van der Waals surface area (Å²) in [5.74, 6) is 2.36. The Morgan fingerprint density at radius 3 is 1.91 bits per heavy atom. The van der Waals surface area contributed by atoms with Crippen LogP contribution < -0.4 is 0 Å². The van der Waals surface area contributed by atoms with Crippen molar-refractivity contribution >= 4 is 23.1 Å². The molecule has 0 spiro atoms. The fourth-order valence-corrected chi connectivity index (χ4v) is 9.67. The van der Waals surface area contributed by atoms with E-state index in [0.717, 1.165) is 69.6 Å². The number of ketones is 4. The van der Waals surface area contributed by atoms with Gasteiger partial charge >= 0.3 is 0 Å². The second-order valence-electron chi connectivity index (χ2n) is 15.4. The molecule has 2 atom stereocenters. The maximum absolute atomic E-state index is 14.3. The normalized spacial score (nSPS) is 28.9. The molecule has 2 aromatic carbocycles. The van der Waals surface area contributed by atoms with Crippen molar-refractivity contribution in [2.24, 2.45) is 40.9 Å². The van der Waals surface area contributed by atoms with Gasteiger partial charge in [0.25, 0.3) is 0 Å². The van der Waals surface area contributed by atoms with Gasteiger partial charge in [-0.1, -0.05) is 93.6 Å². The number of hydrogen-bond acceptors (Lipinski definition) is 4. The van der Waals surface area contributed by atoms with Crippen molar-refractivity contribution in [3.8, 4) is 0 Å². The quantitative estimate of drug-likeness (QED) is 0.253. The van der Waals surface area contributed by atoms with Crippen molar-refractivity contribution in [3.05, 3.63) is 71.3 Å². The van der Waals surface area contributed by atoms with Gasteiger partial charge in [-0.3, -0.25) is 19.2 Å². The number of benzene rings is 2. The molecular weight excluding hydrogens is 556 g/mol. The van der Waals surface area contributed by atoms with Gasteiger partial charge in [0.1, 0.15) is 17.3 Å². The predicted molar refractivity (Wildman–Crippen MR) is 178 cm³/mol. The Kier molecular flexibility index (Phi) is 10.2. The van der Waals surface area contributed by atoms with Crippen LogP contribution in [-0.4, -0.2) is 23.1 Å². The summed E-state index contributed by atoms with van der Waals surface area (Å²) in [6.07, 6.45) is 15.6. The molecule has 0 heterocycles. The van der Waals surface area contributed by atoms with Crippen molar-refractivity contribution in [2.75, 3.05) is 0 Å². The molecule has 0 saturated heterocycles. The van der Waals surface area contributed by atoms with Crippen LogP contribution in [0.2, 0.25) is 0 Å². The van der Waals surface area contributed by atoms with E-state index in [-0.39, 0.29) is 47.9 Å². The van der Waals surface area contributed by atoms with E-state index in [1.807, 2.05) is 43.3 Å². The summed E-state index contributed by atoms with van der Waals surface area (Å²) in [6, 6.07) is 17.5. The summed E-state index contributed by atoms with van der Waals surface area (Å²) in [7, 11) is 0. The maximum Gasteiger partial charge on any atom is 0.163 e. The zero-order valence-electron chi connectivity index (χ0n) is 27.3. The van der Waals surface area contributed by atoms with Crippen molar-refractivity contribution in [1.29, 1.82) is 0 Å². The van der Waals surface area contributed by atoms with Gasteiger partial charge in [0.2, 0.25) is 0 Å². The lowest BCUT2D eigenvalue weighted by atomic mass is 9.64. The molecule has 4 aliphatic rings. The smallest absolute Gasteiger partial charge is 0.163 e. The molecule has 0 amide bonds. The summed E-state index contributed by atoms with van der Waals surface area (Å²) in [5, 5.41) is 0. The Balaban J connectivity index is 1.10. The number of fused-ring (bicyclic) bond motifs is 1. The summed E-state index contributed by atoms with van der Waals surface area (Å²) in [4.78, 5) is 54.9. The Labute approximate surface area is 270 Å². The minimum absolute atomic E-state index is 0.0464. The number of Topliss-reactive ketones (excluding diaryl/α,β-unsaturated/α-hetero) is 4. The van der Waals surface area contributed by atoms with E-state index in [9.17, 15) is 19.2 Å². The molecule has 4 aliphatic carbocycles. The van der Waals surface area contributed by atoms with Gasteiger partial charge in [0.15, 0.2) is 5.78 Å². The highest BCUT2D eigenvalue weighted by molar-refractivity contribution is 6.02. The lowest BCUT2D eigenvalue weighted by molar-refractivity contribution is -0.139. The van der Waals surface area contributed by atoms with Gasteiger partial charge in [-0.25, -0.2) is 0 Å². The van der Waals surface area contributed by atoms with Gasteiger partial charge in [-0.05, 0) is 86.7 Å². The number of rotatable bonds is 10. The molecule has 3 saturated carbocycles. The van der Waals surface area contributed by atoms with Crippen molar-refractivity contribution in [1.82, 2.24) is 0 Å². The van der Waals surface area contributed by atoms with E-state index < -0.39 is 5.41 Å². The van der Waals surface area contributed by atoms with Gasteiger partial charge in [0, 0.05) is 48.0 Å². The van der Waals surface area contributed by atoms with E-state index >= 15 is 0 Å². The number of carbonyl (C=O) groups excluding carboxylic acids is 4. The second kappa shape index (κ2) is 14.3. The Morgan fingerprint density at radius 1 is 0.644 bits per heavy atom. The van der Waals surface area contributed by atoms with Crippen LogP contribution in [-0.2, 0) is 27.2 Å². The van der Waals surface area contributed by atoms with Crippen LogP contribution in [0.5, 0.6) is 0 Å². The van der Waals surface area contributed by atoms with Crippen LogP contribution in [0.25, 0.3) is 0 Å². The molecule has 6 rings (SSSR count). The van der Waals surface area contributed by atoms with Crippen LogP contribution in [0.15, 0.2) is 54.6 Å². The second-order valence-corrected chi connectivity index (χ2v) is 15.4. The average molecular weight is 609 g/mol. The molecule has 240 valence electrons. The molecule has 0 bridgehead atoms. The Morgan fingerprint density at radius 2 is 1.22 bits per heavy atom. The van der Waals surface area contributed by atoms with Gasteiger partial charge in [0.05, 0.1) is 0 Å². The van der Waals surface area contributed by atoms with Crippen LogP contribution in [0.1, 0.15) is 125 Å². The molecule has 0 aliphatic heterocycles. The van der Waals surface area contributed by atoms with Gasteiger partial charge < -0.3 is 0 Å². The van der Waals surface area contributed by atoms with Gasteiger partial charge in [-0.2, -0.15) is 0 Å². The number of hydrogen-bond donors (Lipinski definition) is 0.